The molecular weight excluding hydrogens is 488 g/mol. The number of sulfonamides is 1. The van der Waals surface area contributed by atoms with E-state index in [-0.39, 0.29) is 22.1 Å². The number of amides is 2. The minimum absolute atomic E-state index is 0.0381. The van der Waals surface area contributed by atoms with Crippen LogP contribution in [0.3, 0.4) is 0 Å². The van der Waals surface area contributed by atoms with E-state index in [1.807, 2.05) is 22.9 Å². The van der Waals surface area contributed by atoms with Crippen LogP contribution in [-0.4, -0.2) is 35.5 Å². The third-order valence-corrected chi connectivity index (χ3v) is 7.21. The second-order valence-corrected chi connectivity index (χ2v) is 10.0. The van der Waals surface area contributed by atoms with Crippen molar-refractivity contribution in [2.45, 2.75) is 17.0 Å². The number of benzene rings is 3. The van der Waals surface area contributed by atoms with Gasteiger partial charge in [-0.05, 0) is 48.5 Å². The maximum absolute atomic E-state index is 13.2. The molecule has 0 spiro atoms. The molecular formula is C24H20N4O5S2. The minimum atomic E-state index is -3.96. The fraction of sp³-hybridized carbons (Fsp3) is 0.0833. The average molecular weight is 509 g/mol. The summed E-state index contributed by atoms with van der Waals surface area (Å²) in [5, 5.41) is 3.52. The van der Waals surface area contributed by atoms with Crippen LogP contribution in [0.25, 0.3) is 16.6 Å². The number of hydrogen-bond donors (Lipinski definition) is 2. The molecule has 1 heterocycles. The highest BCUT2D eigenvalue weighted by atomic mass is 32.2. The number of nitrogens with zero attached hydrogens (tertiary/aromatic N) is 2. The smallest absolute Gasteiger partial charge is 0.266 e. The Morgan fingerprint density at radius 2 is 1.60 bits per heavy atom. The molecule has 3 aromatic carbocycles. The highest BCUT2D eigenvalue weighted by Crippen LogP contribution is 2.22. The van der Waals surface area contributed by atoms with Gasteiger partial charge in [0.15, 0.2) is 5.16 Å². The molecule has 35 heavy (non-hydrogen) atoms. The van der Waals surface area contributed by atoms with Crippen LogP contribution in [0.4, 0.5) is 5.69 Å². The van der Waals surface area contributed by atoms with E-state index in [2.05, 4.69) is 10.3 Å². The Morgan fingerprint density at radius 1 is 0.943 bits per heavy atom. The Labute approximate surface area is 205 Å². The number of rotatable bonds is 7. The van der Waals surface area contributed by atoms with Crippen LogP contribution >= 0.6 is 11.8 Å². The van der Waals surface area contributed by atoms with E-state index in [1.54, 1.807) is 36.4 Å². The zero-order valence-corrected chi connectivity index (χ0v) is 20.1. The molecule has 2 amide bonds. The van der Waals surface area contributed by atoms with Gasteiger partial charge in [-0.15, -0.1) is 0 Å². The lowest BCUT2D eigenvalue weighted by atomic mass is 10.2. The summed E-state index contributed by atoms with van der Waals surface area (Å²) in [6.07, 6.45) is 0. The Kier molecular flexibility index (Phi) is 6.99. The molecule has 9 nitrogen and oxygen atoms in total. The lowest BCUT2D eigenvalue weighted by Gasteiger charge is -2.13. The molecule has 4 rings (SSSR count). The molecule has 4 aromatic rings. The van der Waals surface area contributed by atoms with Gasteiger partial charge < -0.3 is 5.32 Å². The second-order valence-electron chi connectivity index (χ2n) is 7.41. The summed E-state index contributed by atoms with van der Waals surface area (Å²) >= 11 is 1.11. The number of carbonyl (C=O) groups is 2. The van der Waals surface area contributed by atoms with Gasteiger partial charge in [-0.3, -0.25) is 19.0 Å². The monoisotopic (exact) mass is 508 g/mol. The maximum atomic E-state index is 13.2. The van der Waals surface area contributed by atoms with Crippen LogP contribution in [-0.2, 0) is 19.6 Å². The van der Waals surface area contributed by atoms with Crippen LogP contribution < -0.4 is 15.6 Å². The summed E-state index contributed by atoms with van der Waals surface area (Å²) in [7, 11) is -3.96. The van der Waals surface area contributed by atoms with Crippen LogP contribution in [0.5, 0.6) is 0 Å². The van der Waals surface area contributed by atoms with Gasteiger partial charge in [0.25, 0.3) is 15.6 Å². The molecule has 0 aliphatic carbocycles. The summed E-state index contributed by atoms with van der Waals surface area (Å²) in [4.78, 5) is 41.3. The summed E-state index contributed by atoms with van der Waals surface area (Å²) in [6, 6.07) is 21.5. The predicted octanol–water partition coefficient (Wildman–Crippen LogP) is 2.94. The van der Waals surface area contributed by atoms with Crippen molar-refractivity contribution in [1.82, 2.24) is 14.3 Å². The predicted molar refractivity (Wildman–Crippen MR) is 134 cm³/mol. The molecule has 178 valence electrons. The van der Waals surface area contributed by atoms with E-state index in [0.29, 0.717) is 27.4 Å². The maximum Gasteiger partial charge on any atom is 0.266 e. The first-order chi connectivity index (χ1) is 16.7. The molecule has 0 saturated carbocycles. The SMILES string of the molecule is CC(=O)NS(=O)(=O)c1ccc(NC(=O)CSc2nc3ccccc3c(=O)n2-c2ccccc2)cc1. The number of carbonyl (C=O) groups excluding carboxylic acids is 2. The normalized spacial score (nSPS) is 11.2. The molecule has 1 aromatic heterocycles. The van der Waals surface area contributed by atoms with Gasteiger partial charge in [0.1, 0.15) is 0 Å². The Hall–Kier alpha value is -3.96. The van der Waals surface area contributed by atoms with Crippen molar-refractivity contribution in [2.24, 2.45) is 0 Å². The fourth-order valence-electron chi connectivity index (χ4n) is 3.31. The first-order valence-electron chi connectivity index (χ1n) is 10.4. The van der Waals surface area contributed by atoms with Crippen molar-refractivity contribution in [2.75, 3.05) is 11.1 Å². The molecule has 0 aliphatic heterocycles. The minimum Gasteiger partial charge on any atom is -0.325 e. The molecule has 0 saturated heterocycles. The number of hydrogen-bond acceptors (Lipinski definition) is 7. The molecule has 0 fully saturated rings. The van der Waals surface area contributed by atoms with Gasteiger partial charge in [-0.25, -0.2) is 18.1 Å². The van der Waals surface area contributed by atoms with Gasteiger partial charge in [0.2, 0.25) is 11.8 Å². The molecule has 0 atom stereocenters. The fourth-order valence-corrected chi connectivity index (χ4v) is 5.11. The first kappa shape index (κ1) is 24.2. The number of aromatic nitrogens is 2. The van der Waals surface area contributed by atoms with Crippen molar-refractivity contribution in [1.29, 1.82) is 0 Å². The zero-order chi connectivity index (χ0) is 25.0. The van der Waals surface area contributed by atoms with Gasteiger partial charge >= 0.3 is 0 Å². The van der Waals surface area contributed by atoms with Crippen molar-refractivity contribution >= 4 is 50.2 Å². The number of anilines is 1. The van der Waals surface area contributed by atoms with E-state index in [1.165, 1.54) is 28.8 Å². The molecule has 2 N–H and O–H groups in total. The van der Waals surface area contributed by atoms with Crippen molar-refractivity contribution in [3.05, 3.63) is 89.2 Å². The third-order valence-electron chi connectivity index (χ3n) is 4.82. The zero-order valence-electron chi connectivity index (χ0n) is 18.5. The first-order valence-corrected chi connectivity index (χ1v) is 12.8. The summed E-state index contributed by atoms with van der Waals surface area (Å²) in [5.41, 5.74) is 1.31. The highest BCUT2D eigenvalue weighted by Gasteiger charge is 2.17. The summed E-state index contributed by atoms with van der Waals surface area (Å²) < 4.78 is 27.4. The summed E-state index contributed by atoms with van der Waals surface area (Å²) in [5.74, 6) is -1.10. The van der Waals surface area contributed by atoms with Crippen LogP contribution in [0, 0.1) is 0 Å². The highest BCUT2D eigenvalue weighted by molar-refractivity contribution is 7.99. The van der Waals surface area contributed by atoms with E-state index in [9.17, 15) is 22.8 Å². The Bertz CT molecular complexity index is 1570. The number of nitrogens with one attached hydrogen (secondary N) is 2. The van der Waals surface area contributed by atoms with Crippen LogP contribution in [0.2, 0.25) is 0 Å². The van der Waals surface area contributed by atoms with Crippen LogP contribution in [0.1, 0.15) is 6.92 Å². The van der Waals surface area contributed by atoms with Crippen LogP contribution in [0.15, 0.2) is 93.7 Å². The standard InChI is InChI=1S/C24H20N4O5S2/c1-16(29)27-35(32,33)19-13-11-17(12-14-19)25-22(30)15-34-24-26-21-10-6-5-9-20(21)23(31)28(24)18-7-3-2-4-8-18/h2-14H,15H2,1H3,(H,25,30)(H,27,29). The lowest BCUT2D eigenvalue weighted by Crippen LogP contribution is -2.28. The number of fused-ring (bicyclic) bond motifs is 1. The quantitative estimate of drug-likeness (QED) is 0.290. The van der Waals surface area contributed by atoms with Crippen molar-refractivity contribution in [3.63, 3.8) is 0 Å². The molecule has 0 radical (unpaired) electrons. The van der Waals surface area contributed by atoms with Gasteiger partial charge in [-0.2, -0.15) is 0 Å². The Morgan fingerprint density at radius 3 is 2.29 bits per heavy atom. The average Bonchev–Trinajstić information content (AvgIpc) is 2.83. The van der Waals surface area contributed by atoms with Gasteiger partial charge in [0.05, 0.1) is 27.2 Å². The topological polar surface area (TPSA) is 127 Å². The van der Waals surface area contributed by atoms with E-state index >= 15 is 0 Å². The van der Waals surface area contributed by atoms with Crippen molar-refractivity contribution in [3.8, 4) is 5.69 Å². The Balaban J connectivity index is 1.53. The van der Waals surface area contributed by atoms with E-state index in [0.717, 1.165) is 18.7 Å². The molecule has 0 aliphatic rings. The number of thioether (sulfide) groups is 1. The summed E-state index contributed by atoms with van der Waals surface area (Å²) in [6.45, 7) is 1.10. The third kappa shape index (κ3) is 5.58. The lowest BCUT2D eigenvalue weighted by molar-refractivity contribution is -0.117. The largest absolute Gasteiger partial charge is 0.325 e. The second kappa shape index (κ2) is 10.1. The van der Waals surface area contributed by atoms with E-state index < -0.39 is 15.9 Å². The number of para-hydroxylation sites is 2. The molecule has 0 unspecified atom stereocenters. The van der Waals surface area contributed by atoms with Gasteiger partial charge in [0, 0.05) is 12.6 Å². The van der Waals surface area contributed by atoms with Gasteiger partial charge in [-0.1, -0.05) is 42.1 Å². The van der Waals surface area contributed by atoms with E-state index in [4.69, 9.17) is 0 Å². The molecule has 0 bridgehead atoms. The van der Waals surface area contributed by atoms with Crippen molar-refractivity contribution < 1.29 is 18.0 Å². The molecule has 11 heteroatoms.